The fraction of sp³-hybridized carbons (Fsp3) is 0.375. The van der Waals surface area contributed by atoms with Gasteiger partial charge in [0, 0.05) is 0 Å². The van der Waals surface area contributed by atoms with Crippen LogP contribution in [0.5, 0.6) is 0 Å². The van der Waals surface area contributed by atoms with E-state index in [1.165, 1.54) is 0 Å². The lowest BCUT2D eigenvalue weighted by atomic mass is 10.1. The summed E-state index contributed by atoms with van der Waals surface area (Å²) in [6.07, 6.45) is 3.60. The second-order valence-corrected chi connectivity index (χ2v) is 5.16. The average molecular weight is 244 g/mol. The summed E-state index contributed by atoms with van der Waals surface area (Å²) in [6.45, 7) is 0. The lowest BCUT2D eigenvalue weighted by molar-refractivity contribution is 0.556. The molecular weight excluding hydrogens is 238 g/mol. The fourth-order valence-electron chi connectivity index (χ4n) is 1.22. The molecule has 1 aromatic rings. The molecule has 0 N–H and O–H groups in total. The fourth-order valence-corrected chi connectivity index (χ4v) is 2.47. The summed E-state index contributed by atoms with van der Waals surface area (Å²) in [6, 6.07) is 2.03. The topological polar surface area (TPSA) is 29.4 Å². The zero-order valence-corrected chi connectivity index (χ0v) is 8.61. The van der Waals surface area contributed by atoms with E-state index in [-0.39, 0.29) is 5.54 Å². The Labute approximate surface area is 82.5 Å². The van der Waals surface area contributed by atoms with Crippen LogP contribution in [0.25, 0.3) is 0 Å². The lowest BCUT2D eigenvalue weighted by Crippen LogP contribution is -1.98. The summed E-state index contributed by atoms with van der Waals surface area (Å²) in [5.74, 6) is 0. The Bertz CT molecular complexity index is 350. The van der Waals surface area contributed by atoms with Gasteiger partial charge in [-0.1, -0.05) is 0 Å². The van der Waals surface area contributed by atoms with Gasteiger partial charge in [-0.3, -0.25) is 0 Å². The van der Waals surface area contributed by atoms with Gasteiger partial charge in [0.1, 0.15) is 0 Å². The number of isocyanates is 1. The van der Waals surface area contributed by atoms with Gasteiger partial charge in [0.15, 0.2) is 0 Å². The van der Waals surface area contributed by atoms with Crippen molar-refractivity contribution in [2.24, 2.45) is 4.99 Å². The number of hydrogen-bond donors (Lipinski definition) is 0. The Morgan fingerprint density at radius 3 is 2.83 bits per heavy atom. The van der Waals surface area contributed by atoms with E-state index in [0.717, 1.165) is 22.2 Å². The van der Waals surface area contributed by atoms with Crippen molar-refractivity contribution in [2.75, 3.05) is 0 Å². The van der Waals surface area contributed by atoms with Crippen molar-refractivity contribution in [3.63, 3.8) is 0 Å². The van der Waals surface area contributed by atoms with E-state index in [0.29, 0.717) is 0 Å². The molecule has 2 nitrogen and oxygen atoms in total. The molecule has 1 heterocycles. The number of nitrogens with zero attached hydrogens (tertiary/aromatic N) is 1. The van der Waals surface area contributed by atoms with Crippen LogP contribution in [0.1, 0.15) is 18.4 Å². The first-order valence-corrected chi connectivity index (χ1v) is 5.28. The smallest absolute Gasteiger partial charge is 0.211 e. The minimum atomic E-state index is -0.204. The van der Waals surface area contributed by atoms with Crippen LogP contribution in [0, 0.1) is 0 Å². The maximum absolute atomic E-state index is 10.1. The van der Waals surface area contributed by atoms with Crippen LogP contribution in [0.4, 0.5) is 0 Å². The zero-order valence-electron chi connectivity index (χ0n) is 6.21. The van der Waals surface area contributed by atoms with Gasteiger partial charge in [-0.05, 0) is 45.8 Å². The summed E-state index contributed by atoms with van der Waals surface area (Å²) in [5.41, 5.74) is 0.937. The van der Waals surface area contributed by atoms with Crippen molar-refractivity contribution in [3.8, 4) is 0 Å². The molecule has 0 aromatic carbocycles. The zero-order chi connectivity index (χ0) is 8.60. The molecule has 0 unspecified atom stereocenters. The Hall–Kier alpha value is -0.440. The molecule has 0 bridgehead atoms. The molecule has 0 amide bonds. The number of rotatable bonds is 2. The van der Waals surface area contributed by atoms with Crippen LogP contribution in [0.2, 0.25) is 0 Å². The molecule has 0 saturated heterocycles. The third kappa shape index (κ3) is 1.26. The molecule has 1 aromatic heterocycles. The number of hydrogen-bond acceptors (Lipinski definition) is 3. The predicted octanol–water partition coefficient (Wildman–Crippen LogP) is 2.84. The second-order valence-electron chi connectivity index (χ2n) is 2.87. The van der Waals surface area contributed by atoms with Gasteiger partial charge in [-0.2, -0.15) is 4.99 Å². The van der Waals surface area contributed by atoms with Gasteiger partial charge < -0.3 is 0 Å². The summed E-state index contributed by atoms with van der Waals surface area (Å²) in [4.78, 5) is 14.0. The Kier molecular flexibility index (Phi) is 1.91. The van der Waals surface area contributed by atoms with Crippen LogP contribution in [0.15, 0.2) is 20.2 Å². The van der Waals surface area contributed by atoms with Crippen LogP contribution in [-0.4, -0.2) is 6.08 Å². The molecule has 12 heavy (non-hydrogen) atoms. The van der Waals surface area contributed by atoms with Gasteiger partial charge in [-0.25, -0.2) is 4.79 Å². The molecule has 1 aliphatic carbocycles. The van der Waals surface area contributed by atoms with Crippen molar-refractivity contribution in [3.05, 3.63) is 20.8 Å². The van der Waals surface area contributed by atoms with E-state index in [4.69, 9.17) is 0 Å². The Balaban J connectivity index is 2.36. The van der Waals surface area contributed by atoms with Gasteiger partial charge in [-0.15, -0.1) is 11.3 Å². The van der Waals surface area contributed by atoms with Crippen LogP contribution in [0.3, 0.4) is 0 Å². The highest BCUT2D eigenvalue weighted by Crippen LogP contribution is 2.50. The maximum atomic E-state index is 10.1. The summed E-state index contributed by atoms with van der Waals surface area (Å²) >= 11 is 5.01. The molecular formula is C8H6BrNOS. The third-order valence-corrected chi connectivity index (χ3v) is 3.59. The Morgan fingerprint density at radius 1 is 1.67 bits per heavy atom. The molecule has 2 rings (SSSR count). The SMILES string of the molecule is O=C=NC1(c2csc(Br)c2)CC1. The standard InChI is InChI=1S/C8H6BrNOS/c9-7-3-6(4-12-7)8(1-2-8)10-5-11/h3-4H,1-2H2. The van der Waals surface area contributed by atoms with E-state index in [9.17, 15) is 4.79 Å². The highest BCUT2D eigenvalue weighted by atomic mass is 79.9. The summed E-state index contributed by atoms with van der Waals surface area (Å²) in [5, 5.41) is 2.04. The molecule has 1 aliphatic rings. The van der Waals surface area contributed by atoms with Gasteiger partial charge >= 0.3 is 0 Å². The van der Waals surface area contributed by atoms with Crippen molar-refractivity contribution in [2.45, 2.75) is 18.4 Å². The largest absolute Gasteiger partial charge is 0.235 e. The number of carbonyl (C=O) groups excluding carboxylic acids is 1. The number of halogens is 1. The Morgan fingerprint density at radius 2 is 2.42 bits per heavy atom. The van der Waals surface area contributed by atoms with E-state index in [1.807, 2.05) is 11.4 Å². The van der Waals surface area contributed by atoms with Crippen LogP contribution in [-0.2, 0) is 10.3 Å². The van der Waals surface area contributed by atoms with Crippen molar-refractivity contribution < 1.29 is 4.79 Å². The van der Waals surface area contributed by atoms with Gasteiger partial charge in [0.25, 0.3) is 0 Å². The van der Waals surface area contributed by atoms with Crippen molar-refractivity contribution in [1.82, 2.24) is 0 Å². The summed E-state index contributed by atoms with van der Waals surface area (Å²) in [7, 11) is 0. The molecule has 62 valence electrons. The maximum Gasteiger partial charge on any atom is 0.235 e. The first-order chi connectivity index (χ1) is 5.77. The number of aliphatic imine (C=N–C) groups is 1. The van der Waals surface area contributed by atoms with E-state index in [1.54, 1.807) is 17.4 Å². The summed E-state index contributed by atoms with van der Waals surface area (Å²) < 4.78 is 1.09. The predicted molar refractivity (Wildman–Crippen MR) is 51.1 cm³/mol. The van der Waals surface area contributed by atoms with Gasteiger partial charge in [0.2, 0.25) is 6.08 Å². The van der Waals surface area contributed by atoms with E-state index in [2.05, 4.69) is 20.9 Å². The lowest BCUT2D eigenvalue weighted by Gasteiger charge is -2.01. The van der Waals surface area contributed by atoms with E-state index >= 15 is 0 Å². The normalized spacial score (nSPS) is 18.4. The highest BCUT2D eigenvalue weighted by Gasteiger charge is 2.45. The van der Waals surface area contributed by atoms with E-state index < -0.39 is 0 Å². The molecule has 1 fully saturated rings. The second kappa shape index (κ2) is 2.80. The van der Waals surface area contributed by atoms with Gasteiger partial charge in [0.05, 0.1) is 9.33 Å². The number of thiophene rings is 1. The monoisotopic (exact) mass is 243 g/mol. The molecule has 0 aliphatic heterocycles. The highest BCUT2D eigenvalue weighted by molar-refractivity contribution is 9.11. The van der Waals surface area contributed by atoms with Crippen molar-refractivity contribution >= 4 is 33.3 Å². The van der Waals surface area contributed by atoms with Crippen LogP contribution >= 0.6 is 27.3 Å². The quantitative estimate of drug-likeness (QED) is 0.581. The van der Waals surface area contributed by atoms with Crippen molar-refractivity contribution in [1.29, 1.82) is 0 Å². The minimum Gasteiger partial charge on any atom is -0.211 e. The third-order valence-electron chi connectivity index (χ3n) is 2.09. The molecule has 0 radical (unpaired) electrons. The van der Waals surface area contributed by atoms with Crippen LogP contribution < -0.4 is 0 Å². The molecule has 1 saturated carbocycles. The first-order valence-electron chi connectivity index (χ1n) is 3.60. The average Bonchev–Trinajstić information content (AvgIpc) is 2.69. The first kappa shape index (κ1) is 8.17. The molecule has 4 heteroatoms. The molecule has 0 spiro atoms. The minimum absolute atomic E-state index is 0.204. The molecule has 0 atom stereocenters.